The highest BCUT2D eigenvalue weighted by Gasteiger charge is 2.16. The minimum Gasteiger partial charge on any atom is -0.363 e. The number of nitrogens with one attached hydrogen (secondary N) is 2. The van der Waals surface area contributed by atoms with Gasteiger partial charge in [-0.3, -0.25) is 10.2 Å². The Hall–Kier alpha value is -4.42. The van der Waals surface area contributed by atoms with Gasteiger partial charge < -0.3 is 10.2 Å². The van der Waals surface area contributed by atoms with E-state index in [4.69, 9.17) is 17.0 Å². The monoisotopic (exact) mass is 507 g/mol. The van der Waals surface area contributed by atoms with Crippen molar-refractivity contribution < 1.29 is 4.79 Å². The molecule has 0 saturated heterocycles. The maximum absolute atomic E-state index is 13.3. The van der Waals surface area contributed by atoms with E-state index in [1.165, 1.54) is 0 Å². The summed E-state index contributed by atoms with van der Waals surface area (Å²) in [7, 11) is 3.71. The number of anilines is 1. The summed E-state index contributed by atoms with van der Waals surface area (Å²) in [5, 5.41) is 18.5. The molecule has 0 saturated carbocycles. The second-order valence-electron chi connectivity index (χ2n) is 9.11. The highest BCUT2D eigenvalue weighted by molar-refractivity contribution is 6.31. The van der Waals surface area contributed by atoms with Crippen molar-refractivity contribution in [2.75, 3.05) is 19.4 Å². The van der Waals surface area contributed by atoms with E-state index in [2.05, 4.69) is 10.4 Å². The third-order valence-corrected chi connectivity index (χ3v) is 6.39. The van der Waals surface area contributed by atoms with Gasteiger partial charge in [0, 0.05) is 30.4 Å². The Kier molecular flexibility index (Phi) is 6.51. The second kappa shape index (κ2) is 9.91. The van der Waals surface area contributed by atoms with Gasteiger partial charge in [-0.15, -0.1) is 0 Å². The number of fused-ring (bicyclic) bond motifs is 1. The predicted octanol–water partition coefficient (Wildman–Crippen LogP) is 6.79. The van der Waals surface area contributed by atoms with Crippen LogP contribution in [0.15, 0.2) is 91.0 Å². The van der Waals surface area contributed by atoms with Gasteiger partial charge in [0.1, 0.15) is 11.5 Å². The number of carbonyl (C=O) groups is 1. The summed E-state index contributed by atoms with van der Waals surface area (Å²) in [5.74, 6) is 0.207. The number of rotatable bonds is 5. The van der Waals surface area contributed by atoms with Crippen LogP contribution in [0.3, 0.4) is 0 Å². The smallest absolute Gasteiger partial charge is 0.274 e. The highest BCUT2D eigenvalue weighted by atomic mass is 35.5. The molecule has 0 unspecified atom stereocenters. The first-order valence-electron chi connectivity index (χ1n) is 11.8. The lowest BCUT2D eigenvalue weighted by Crippen LogP contribution is -2.21. The topological polar surface area (TPSA) is 74.0 Å². The van der Waals surface area contributed by atoms with Gasteiger partial charge in [-0.1, -0.05) is 54.1 Å². The van der Waals surface area contributed by atoms with Crippen LogP contribution >= 0.6 is 11.6 Å². The quantitative estimate of drug-likeness (QED) is 0.203. The maximum Gasteiger partial charge on any atom is 0.274 e. The number of aryl methyl sites for hydroxylation is 1. The van der Waals surface area contributed by atoms with Gasteiger partial charge in [0.2, 0.25) is 0 Å². The van der Waals surface area contributed by atoms with Gasteiger partial charge in [-0.2, -0.15) is 5.10 Å². The van der Waals surface area contributed by atoms with Crippen molar-refractivity contribution in [2.24, 2.45) is 0 Å². The minimum atomic E-state index is -0.244. The molecule has 0 spiro atoms. The number of halogens is 1. The SMILES string of the molecule is Cc1cc(C(=O)Nc2ccc(-c3cccc(C(=N)N(C)C)c3)cc2)n(-c2ccc3cc(Cl)ccc3c2)n1. The maximum atomic E-state index is 13.3. The van der Waals surface area contributed by atoms with Crippen LogP contribution in [-0.4, -0.2) is 40.5 Å². The van der Waals surface area contributed by atoms with Crippen LogP contribution < -0.4 is 5.32 Å². The first-order valence-corrected chi connectivity index (χ1v) is 12.2. The van der Waals surface area contributed by atoms with Gasteiger partial charge in [-0.05, 0) is 77.4 Å². The molecular formula is C30H26ClN5O. The molecule has 1 heterocycles. The normalized spacial score (nSPS) is 10.9. The fourth-order valence-electron chi connectivity index (χ4n) is 4.24. The predicted molar refractivity (Wildman–Crippen MR) is 151 cm³/mol. The van der Waals surface area contributed by atoms with Crippen LogP contribution in [-0.2, 0) is 0 Å². The van der Waals surface area contributed by atoms with Crippen LogP contribution in [0.25, 0.3) is 27.6 Å². The number of aromatic nitrogens is 2. The van der Waals surface area contributed by atoms with Crippen molar-refractivity contribution in [3.63, 3.8) is 0 Å². The van der Waals surface area contributed by atoms with Gasteiger partial charge in [0.05, 0.1) is 11.4 Å². The molecule has 6 nitrogen and oxygen atoms in total. The molecule has 5 aromatic rings. The molecule has 7 heteroatoms. The molecule has 0 fully saturated rings. The molecule has 0 radical (unpaired) electrons. The van der Waals surface area contributed by atoms with Gasteiger partial charge in [-0.25, -0.2) is 4.68 Å². The standard InChI is InChI=1S/C30H26ClN5O/c1-19-15-28(36(34-19)27-14-10-22-17-25(31)11-7-23(22)18-27)30(37)33-26-12-8-20(9-13-26)21-5-4-6-24(16-21)29(32)35(2)3/h4-18,32H,1-3H3,(H,33,37). The molecule has 0 bridgehead atoms. The summed E-state index contributed by atoms with van der Waals surface area (Å²) in [5.41, 5.74) is 5.54. The molecule has 0 aliphatic carbocycles. The molecule has 37 heavy (non-hydrogen) atoms. The fraction of sp³-hybridized carbons (Fsp3) is 0.100. The molecule has 1 amide bonds. The zero-order chi connectivity index (χ0) is 26.1. The number of amides is 1. The molecule has 4 aromatic carbocycles. The van der Waals surface area contributed by atoms with Crippen LogP contribution in [0.4, 0.5) is 5.69 Å². The summed E-state index contributed by atoms with van der Waals surface area (Å²) in [6.07, 6.45) is 0. The minimum absolute atomic E-state index is 0.244. The van der Waals surface area contributed by atoms with E-state index in [0.29, 0.717) is 22.2 Å². The van der Waals surface area contributed by atoms with E-state index < -0.39 is 0 Å². The number of carbonyl (C=O) groups excluding carboxylic acids is 1. The zero-order valence-corrected chi connectivity index (χ0v) is 21.5. The summed E-state index contributed by atoms with van der Waals surface area (Å²) in [6, 6.07) is 29.0. The summed E-state index contributed by atoms with van der Waals surface area (Å²) >= 11 is 6.12. The van der Waals surface area contributed by atoms with Gasteiger partial charge in [0.15, 0.2) is 0 Å². The molecule has 5 rings (SSSR count). The van der Waals surface area contributed by atoms with E-state index in [-0.39, 0.29) is 5.91 Å². The van der Waals surface area contributed by atoms with Crippen LogP contribution in [0, 0.1) is 12.3 Å². The molecule has 0 atom stereocenters. The fourth-order valence-corrected chi connectivity index (χ4v) is 4.42. The molecule has 0 aliphatic rings. The number of benzene rings is 4. The number of hydrogen-bond acceptors (Lipinski definition) is 3. The van der Waals surface area contributed by atoms with Crippen LogP contribution in [0.1, 0.15) is 21.7 Å². The molecule has 2 N–H and O–H groups in total. The number of nitrogens with zero attached hydrogens (tertiary/aromatic N) is 3. The Balaban J connectivity index is 1.38. The van der Waals surface area contributed by atoms with Gasteiger partial charge in [0.25, 0.3) is 5.91 Å². The first kappa shape index (κ1) is 24.3. The van der Waals surface area contributed by atoms with E-state index >= 15 is 0 Å². The van der Waals surface area contributed by atoms with Crippen molar-refractivity contribution in [3.8, 4) is 16.8 Å². The average Bonchev–Trinajstić information content (AvgIpc) is 3.30. The summed E-state index contributed by atoms with van der Waals surface area (Å²) < 4.78 is 1.66. The van der Waals surface area contributed by atoms with Crippen molar-refractivity contribution >= 4 is 39.8 Å². The summed E-state index contributed by atoms with van der Waals surface area (Å²) in [4.78, 5) is 15.0. The molecule has 1 aromatic heterocycles. The lowest BCUT2D eigenvalue weighted by molar-refractivity contribution is 0.101. The first-order chi connectivity index (χ1) is 17.8. The molecule has 0 aliphatic heterocycles. The van der Waals surface area contributed by atoms with E-state index in [1.54, 1.807) is 15.6 Å². The van der Waals surface area contributed by atoms with Crippen molar-refractivity contribution in [1.82, 2.24) is 14.7 Å². The van der Waals surface area contributed by atoms with E-state index in [0.717, 1.165) is 38.8 Å². The third kappa shape index (κ3) is 5.10. The Morgan fingerprint density at radius 3 is 2.38 bits per heavy atom. The van der Waals surface area contributed by atoms with Crippen molar-refractivity contribution in [2.45, 2.75) is 6.92 Å². The van der Waals surface area contributed by atoms with E-state index in [9.17, 15) is 4.79 Å². The summed E-state index contributed by atoms with van der Waals surface area (Å²) in [6.45, 7) is 1.87. The van der Waals surface area contributed by atoms with Gasteiger partial charge >= 0.3 is 0 Å². The Bertz CT molecular complexity index is 1640. The lowest BCUT2D eigenvalue weighted by Gasteiger charge is -2.14. The Labute approximate surface area is 220 Å². The second-order valence-corrected chi connectivity index (χ2v) is 9.55. The van der Waals surface area contributed by atoms with E-state index in [1.807, 2.05) is 106 Å². The molecule has 184 valence electrons. The van der Waals surface area contributed by atoms with Crippen LogP contribution in [0.5, 0.6) is 0 Å². The van der Waals surface area contributed by atoms with Crippen molar-refractivity contribution in [1.29, 1.82) is 5.41 Å². The number of amidine groups is 1. The highest BCUT2D eigenvalue weighted by Crippen LogP contribution is 2.25. The largest absolute Gasteiger partial charge is 0.363 e. The average molecular weight is 508 g/mol. The molecular weight excluding hydrogens is 482 g/mol. The lowest BCUT2D eigenvalue weighted by atomic mass is 10.0. The zero-order valence-electron chi connectivity index (χ0n) is 20.8. The third-order valence-electron chi connectivity index (χ3n) is 6.15. The Morgan fingerprint density at radius 2 is 1.62 bits per heavy atom. The van der Waals surface area contributed by atoms with Crippen LogP contribution in [0.2, 0.25) is 5.02 Å². The Morgan fingerprint density at radius 1 is 0.892 bits per heavy atom. The number of hydrogen-bond donors (Lipinski definition) is 2. The van der Waals surface area contributed by atoms with Crippen molar-refractivity contribution in [3.05, 3.63) is 113 Å².